The Hall–Kier alpha value is -1.71. The van der Waals surface area contributed by atoms with Crippen LogP contribution < -0.4 is 9.47 Å². The number of Topliss-reactive ketones (excluding diaryl/α,β-unsaturated/α-hetero) is 1. The van der Waals surface area contributed by atoms with Gasteiger partial charge in [-0.15, -0.1) is 11.6 Å². The number of hydrogen-bond donors (Lipinski definition) is 0. The van der Waals surface area contributed by atoms with Gasteiger partial charge < -0.3 is 9.47 Å². The van der Waals surface area contributed by atoms with Gasteiger partial charge in [0.15, 0.2) is 17.3 Å². The largest absolute Gasteiger partial charge is 0.454 e. The molecule has 0 fully saturated rings. The van der Waals surface area contributed by atoms with Crippen molar-refractivity contribution in [3.63, 3.8) is 0 Å². The highest BCUT2D eigenvalue weighted by Crippen LogP contribution is 2.35. The lowest BCUT2D eigenvalue weighted by Gasteiger charge is -2.10. The summed E-state index contributed by atoms with van der Waals surface area (Å²) in [6.07, 6.45) is 0. The summed E-state index contributed by atoms with van der Waals surface area (Å²) in [6.45, 7) is 0.172. The molecule has 0 aliphatic carbocycles. The maximum absolute atomic E-state index is 12.4. The summed E-state index contributed by atoms with van der Waals surface area (Å²) in [4.78, 5) is 12.4. The number of hydrogen-bond acceptors (Lipinski definition) is 3. The van der Waals surface area contributed by atoms with Crippen LogP contribution in [0.1, 0.15) is 21.3 Å². The van der Waals surface area contributed by atoms with Crippen molar-refractivity contribution < 1.29 is 14.3 Å². The molecule has 3 rings (SSSR count). The maximum atomic E-state index is 12.4. The van der Waals surface area contributed by atoms with Gasteiger partial charge in [0.25, 0.3) is 0 Å². The fraction of sp³-hybridized carbons (Fsp3) is 0.133. The van der Waals surface area contributed by atoms with E-state index in [0.717, 1.165) is 0 Å². The molecule has 5 heteroatoms. The minimum atomic E-state index is -0.783. The van der Waals surface area contributed by atoms with Crippen molar-refractivity contribution in [3.8, 4) is 11.5 Å². The number of ketones is 1. The van der Waals surface area contributed by atoms with Crippen LogP contribution in [-0.4, -0.2) is 12.6 Å². The molecule has 20 heavy (non-hydrogen) atoms. The second-order valence-corrected chi connectivity index (χ2v) is 5.22. The Morgan fingerprint density at radius 1 is 1.10 bits per heavy atom. The molecule has 1 unspecified atom stereocenters. The Morgan fingerprint density at radius 3 is 2.70 bits per heavy atom. The first kappa shape index (κ1) is 13.3. The quantitative estimate of drug-likeness (QED) is 0.628. The zero-order chi connectivity index (χ0) is 14.1. The second kappa shape index (κ2) is 5.35. The Morgan fingerprint density at radius 2 is 1.90 bits per heavy atom. The molecule has 0 spiro atoms. The molecule has 2 aromatic rings. The highest BCUT2D eigenvalue weighted by atomic mass is 35.5. The molecular weight excluding hydrogens is 299 g/mol. The van der Waals surface area contributed by atoms with Crippen molar-refractivity contribution in [2.75, 3.05) is 6.79 Å². The molecule has 0 N–H and O–H groups in total. The summed E-state index contributed by atoms with van der Waals surface area (Å²) in [5.74, 6) is 0.994. The standard InChI is InChI=1S/C15H10Cl2O3/c16-11-3-1-2-9(6-11)14(17)15(18)10-4-5-12-13(7-10)20-8-19-12/h1-7,14H,8H2. The normalized spacial score (nSPS) is 14.1. The van der Waals surface area contributed by atoms with E-state index >= 15 is 0 Å². The lowest BCUT2D eigenvalue weighted by molar-refractivity contribution is 0.0986. The van der Waals surface area contributed by atoms with Crippen LogP contribution in [0.3, 0.4) is 0 Å². The third-order valence-electron chi connectivity index (χ3n) is 3.03. The monoisotopic (exact) mass is 308 g/mol. The van der Waals surface area contributed by atoms with Gasteiger partial charge in [-0.25, -0.2) is 0 Å². The Kier molecular flexibility index (Phi) is 3.55. The van der Waals surface area contributed by atoms with Crippen molar-refractivity contribution in [1.82, 2.24) is 0 Å². The van der Waals surface area contributed by atoms with E-state index in [0.29, 0.717) is 27.6 Å². The number of fused-ring (bicyclic) bond motifs is 1. The molecule has 3 nitrogen and oxygen atoms in total. The number of ether oxygens (including phenoxy) is 2. The summed E-state index contributed by atoms with van der Waals surface area (Å²) in [7, 11) is 0. The minimum absolute atomic E-state index is 0.172. The van der Waals surface area contributed by atoms with E-state index in [4.69, 9.17) is 32.7 Å². The summed E-state index contributed by atoms with van der Waals surface area (Å²) in [5.41, 5.74) is 1.15. The number of halogens is 2. The first-order valence-corrected chi connectivity index (χ1v) is 6.80. The van der Waals surface area contributed by atoms with Crippen LogP contribution in [0.2, 0.25) is 5.02 Å². The Bertz CT molecular complexity index is 670. The van der Waals surface area contributed by atoms with Crippen LogP contribution in [-0.2, 0) is 0 Å². The van der Waals surface area contributed by atoms with Crippen LogP contribution in [0.15, 0.2) is 42.5 Å². The zero-order valence-corrected chi connectivity index (χ0v) is 11.8. The molecule has 102 valence electrons. The molecule has 2 aromatic carbocycles. The van der Waals surface area contributed by atoms with E-state index in [1.165, 1.54) is 0 Å². The molecule has 0 saturated carbocycles. The number of carbonyl (C=O) groups excluding carboxylic acids is 1. The summed E-state index contributed by atoms with van der Waals surface area (Å²) in [5, 5.41) is -0.235. The van der Waals surface area contributed by atoms with E-state index in [1.807, 2.05) is 0 Å². The van der Waals surface area contributed by atoms with Gasteiger partial charge in [-0.05, 0) is 35.9 Å². The third-order valence-corrected chi connectivity index (χ3v) is 3.71. The predicted octanol–water partition coefficient (Wildman–Crippen LogP) is 4.23. The number of carbonyl (C=O) groups is 1. The molecule has 0 bridgehead atoms. The van der Waals surface area contributed by atoms with Crippen LogP contribution in [0, 0.1) is 0 Å². The molecule has 0 saturated heterocycles. The molecule has 1 atom stereocenters. The van der Waals surface area contributed by atoms with Gasteiger partial charge in [0, 0.05) is 10.6 Å². The van der Waals surface area contributed by atoms with Crippen molar-refractivity contribution in [3.05, 3.63) is 58.6 Å². The molecular formula is C15H10Cl2O3. The average molecular weight is 309 g/mol. The van der Waals surface area contributed by atoms with Crippen molar-refractivity contribution in [2.24, 2.45) is 0 Å². The molecule has 0 amide bonds. The fourth-order valence-corrected chi connectivity index (χ4v) is 2.47. The van der Waals surface area contributed by atoms with Crippen LogP contribution >= 0.6 is 23.2 Å². The molecule has 1 aliphatic rings. The Labute approximate surface area is 126 Å². The smallest absolute Gasteiger partial charge is 0.231 e. The zero-order valence-electron chi connectivity index (χ0n) is 10.3. The lowest BCUT2D eigenvalue weighted by atomic mass is 10.0. The summed E-state index contributed by atoms with van der Waals surface area (Å²) < 4.78 is 10.5. The highest BCUT2D eigenvalue weighted by molar-refractivity contribution is 6.34. The average Bonchev–Trinajstić information content (AvgIpc) is 2.93. The van der Waals surface area contributed by atoms with Gasteiger partial charge in [0.2, 0.25) is 6.79 Å². The van der Waals surface area contributed by atoms with E-state index in [-0.39, 0.29) is 12.6 Å². The third kappa shape index (κ3) is 2.47. The highest BCUT2D eigenvalue weighted by Gasteiger charge is 2.22. The van der Waals surface area contributed by atoms with Gasteiger partial charge in [-0.3, -0.25) is 4.79 Å². The topological polar surface area (TPSA) is 35.5 Å². The fourth-order valence-electron chi connectivity index (χ4n) is 2.01. The van der Waals surface area contributed by atoms with Crippen molar-refractivity contribution in [1.29, 1.82) is 0 Å². The summed E-state index contributed by atoms with van der Waals surface area (Å²) in [6, 6.07) is 12.0. The van der Waals surface area contributed by atoms with E-state index in [2.05, 4.69) is 0 Å². The number of alkyl halides is 1. The lowest BCUT2D eigenvalue weighted by Crippen LogP contribution is -2.07. The van der Waals surface area contributed by atoms with Crippen molar-refractivity contribution >= 4 is 29.0 Å². The first-order valence-electron chi connectivity index (χ1n) is 5.98. The molecule has 1 aliphatic heterocycles. The molecule has 0 aromatic heterocycles. The van der Waals surface area contributed by atoms with Crippen LogP contribution in [0.5, 0.6) is 11.5 Å². The molecule has 0 radical (unpaired) electrons. The van der Waals surface area contributed by atoms with Gasteiger partial charge in [-0.2, -0.15) is 0 Å². The van der Waals surface area contributed by atoms with E-state index in [1.54, 1.807) is 42.5 Å². The van der Waals surface area contributed by atoms with Crippen LogP contribution in [0.4, 0.5) is 0 Å². The minimum Gasteiger partial charge on any atom is -0.454 e. The maximum Gasteiger partial charge on any atom is 0.231 e. The Balaban J connectivity index is 1.88. The second-order valence-electron chi connectivity index (χ2n) is 4.35. The van der Waals surface area contributed by atoms with E-state index in [9.17, 15) is 4.79 Å². The van der Waals surface area contributed by atoms with E-state index < -0.39 is 5.38 Å². The molecule has 1 heterocycles. The number of benzene rings is 2. The van der Waals surface area contributed by atoms with Gasteiger partial charge in [0.1, 0.15) is 5.38 Å². The van der Waals surface area contributed by atoms with Gasteiger partial charge in [-0.1, -0.05) is 23.7 Å². The summed E-state index contributed by atoms with van der Waals surface area (Å²) >= 11 is 12.1. The van der Waals surface area contributed by atoms with Gasteiger partial charge in [0.05, 0.1) is 0 Å². The number of rotatable bonds is 3. The predicted molar refractivity (Wildman–Crippen MR) is 76.9 cm³/mol. The van der Waals surface area contributed by atoms with Crippen molar-refractivity contribution in [2.45, 2.75) is 5.38 Å². The first-order chi connectivity index (χ1) is 9.65. The SMILES string of the molecule is O=C(c1ccc2c(c1)OCO2)C(Cl)c1cccc(Cl)c1. The van der Waals surface area contributed by atoms with Gasteiger partial charge >= 0.3 is 0 Å². The van der Waals surface area contributed by atoms with Crippen LogP contribution in [0.25, 0.3) is 0 Å².